The van der Waals surface area contributed by atoms with Crippen LogP contribution < -0.4 is 5.32 Å². The van der Waals surface area contributed by atoms with Gasteiger partial charge < -0.3 is 5.32 Å². The van der Waals surface area contributed by atoms with Gasteiger partial charge in [-0.15, -0.1) is 0 Å². The second-order valence-corrected chi connectivity index (χ2v) is 5.75. The summed E-state index contributed by atoms with van der Waals surface area (Å²) in [5.74, 6) is 0. The van der Waals surface area contributed by atoms with Crippen LogP contribution in [0.5, 0.6) is 0 Å². The lowest BCUT2D eigenvalue weighted by Gasteiger charge is -2.21. The van der Waals surface area contributed by atoms with Gasteiger partial charge in [-0.25, -0.2) is 0 Å². The second-order valence-electron chi connectivity index (χ2n) is 4.96. The van der Waals surface area contributed by atoms with Gasteiger partial charge in [0.1, 0.15) is 0 Å². The summed E-state index contributed by atoms with van der Waals surface area (Å²) in [5.41, 5.74) is 2.32. The second kappa shape index (κ2) is 5.50. The molecule has 2 heterocycles. The summed E-state index contributed by atoms with van der Waals surface area (Å²) in [6.07, 6.45) is 2.61. The number of aryl methyl sites for hydroxylation is 2. The number of aromatic nitrogens is 2. The monoisotopic (exact) mass is 300 g/mol. The Morgan fingerprint density at radius 3 is 2.88 bits per heavy atom. The maximum absolute atomic E-state index is 4.42. The number of hydrogen-bond acceptors (Lipinski definition) is 3. The van der Waals surface area contributed by atoms with E-state index in [1.165, 1.54) is 25.1 Å². The highest BCUT2D eigenvalue weighted by atomic mass is 79.9. The van der Waals surface area contributed by atoms with E-state index in [0.29, 0.717) is 6.04 Å². The molecule has 1 N–H and O–H groups in total. The predicted molar refractivity (Wildman–Crippen MR) is 73.0 cm³/mol. The molecular weight excluding hydrogens is 280 g/mol. The third-order valence-electron chi connectivity index (χ3n) is 3.38. The Bertz CT molecular complexity index is 382. The van der Waals surface area contributed by atoms with Gasteiger partial charge in [0.2, 0.25) is 0 Å². The van der Waals surface area contributed by atoms with Crippen LogP contribution in [-0.2, 0) is 13.6 Å². The van der Waals surface area contributed by atoms with Gasteiger partial charge in [0.15, 0.2) is 0 Å². The predicted octanol–water partition coefficient (Wildman–Crippen LogP) is 1.67. The molecule has 1 atom stereocenters. The normalized spacial score (nSPS) is 20.4. The molecule has 1 saturated heterocycles. The zero-order valence-corrected chi connectivity index (χ0v) is 12.4. The Morgan fingerprint density at radius 2 is 2.35 bits per heavy atom. The van der Waals surface area contributed by atoms with Crippen LogP contribution in [0.3, 0.4) is 0 Å². The summed E-state index contributed by atoms with van der Waals surface area (Å²) >= 11 is 3.62. The van der Waals surface area contributed by atoms with E-state index in [0.717, 1.165) is 23.3 Å². The van der Waals surface area contributed by atoms with E-state index in [2.05, 4.69) is 38.3 Å². The van der Waals surface area contributed by atoms with Crippen LogP contribution in [0.1, 0.15) is 24.2 Å². The van der Waals surface area contributed by atoms with Gasteiger partial charge in [0, 0.05) is 26.2 Å². The van der Waals surface area contributed by atoms with Crippen LogP contribution in [-0.4, -0.2) is 40.9 Å². The van der Waals surface area contributed by atoms with Gasteiger partial charge in [-0.3, -0.25) is 9.58 Å². The van der Waals surface area contributed by atoms with Gasteiger partial charge in [0.05, 0.1) is 15.9 Å². The van der Waals surface area contributed by atoms with Gasteiger partial charge in [-0.05, 0) is 49.3 Å². The fourth-order valence-corrected chi connectivity index (χ4v) is 2.92. The lowest BCUT2D eigenvalue weighted by Crippen LogP contribution is -2.35. The van der Waals surface area contributed by atoms with Crippen LogP contribution in [0.4, 0.5) is 0 Å². The third kappa shape index (κ3) is 3.09. The molecule has 96 valence electrons. The Labute approximate surface area is 111 Å². The first-order chi connectivity index (χ1) is 8.08. The van der Waals surface area contributed by atoms with Crippen molar-refractivity contribution in [2.24, 2.45) is 7.05 Å². The van der Waals surface area contributed by atoms with E-state index in [-0.39, 0.29) is 0 Å². The summed E-state index contributed by atoms with van der Waals surface area (Å²) < 4.78 is 3.11. The van der Waals surface area contributed by atoms with E-state index in [1.54, 1.807) is 0 Å². The molecule has 0 saturated carbocycles. The zero-order chi connectivity index (χ0) is 12.4. The van der Waals surface area contributed by atoms with E-state index in [1.807, 2.05) is 18.7 Å². The van der Waals surface area contributed by atoms with Crippen molar-refractivity contribution in [2.45, 2.75) is 32.4 Å². The van der Waals surface area contributed by atoms with Crippen LogP contribution >= 0.6 is 15.9 Å². The van der Waals surface area contributed by atoms with E-state index >= 15 is 0 Å². The molecule has 1 aliphatic rings. The van der Waals surface area contributed by atoms with Gasteiger partial charge in [0.25, 0.3) is 0 Å². The average molecular weight is 301 g/mol. The van der Waals surface area contributed by atoms with Crippen molar-refractivity contribution in [3.8, 4) is 0 Å². The third-order valence-corrected chi connectivity index (χ3v) is 4.41. The van der Waals surface area contributed by atoms with Gasteiger partial charge in [-0.2, -0.15) is 5.10 Å². The molecule has 1 unspecified atom stereocenters. The average Bonchev–Trinajstić information content (AvgIpc) is 2.83. The Hall–Kier alpha value is -0.390. The topological polar surface area (TPSA) is 33.1 Å². The molecule has 0 bridgehead atoms. The van der Waals surface area contributed by atoms with Crippen molar-refractivity contribution in [1.29, 1.82) is 0 Å². The number of nitrogens with one attached hydrogen (secondary N) is 1. The molecule has 0 spiro atoms. The molecule has 4 nitrogen and oxygen atoms in total. The molecule has 1 aromatic heterocycles. The fraction of sp³-hybridized carbons (Fsp3) is 0.750. The van der Waals surface area contributed by atoms with E-state index in [4.69, 9.17) is 0 Å². The SMILES string of the molecule is Cc1nn(C)c(CN(C)CC2CCCN2)c1Br. The zero-order valence-electron chi connectivity index (χ0n) is 10.8. The number of likely N-dealkylation sites (N-methyl/N-ethyl adjacent to an activating group) is 1. The summed E-state index contributed by atoms with van der Waals surface area (Å²) in [7, 11) is 4.18. The van der Waals surface area contributed by atoms with Crippen molar-refractivity contribution >= 4 is 15.9 Å². The fourth-order valence-electron chi connectivity index (χ4n) is 2.46. The molecule has 1 fully saturated rings. The Morgan fingerprint density at radius 1 is 1.59 bits per heavy atom. The summed E-state index contributed by atoms with van der Waals surface area (Å²) in [4.78, 5) is 2.37. The van der Waals surface area contributed by atoms with Crippen molar-refractivity contribution in [3.05, 3.63) is 15.9 Å². The van der Waals surface area contributed by atoms with Crippen molar-refractivity contribution in [3.63, 3.8) is 0 Å². The van der Waals surface area contributed by atoms with Crippen LogP contribution in [0.25, 0.3) is 0 Å². The van der Waals surface area contributed by atoms with Gasteiger partial charge >= 0.3 is 0 Å². The van der Waals surface area contributed by atoms with E-state index in [9.17, 15) is 0 Å². The molecule has 0 radical (unpaired) electrons. The Kier molecular flexibility index (Phi) is 4.22. The minimum atomic E-state index is 0.660. The first kappa shape index (κ1) is 13.1. The molecule has 1 aromatic rings. The lowest BCUT2D eigenvalue weighted by molar-refractivity contribution is 0.285. The summed E-state index contributed by atoms with van der Waals surface area (Å²) in [6, 6.07) is 0.660. The Balaban J connectivity index is 1.95. The quantitative estimate of drug-likeness (QED) is 0.918. The molecule has 0 aliphatic carbocycles. The van der Waals surface area contributed by atoms with Crippen LogP contribution in [0, 0.1) is 6.92 Å². The first-order valence-electron chi connectivity index (χ1n) is 6.18. The first-order valence-corrected chi connectivity index (χ1v) is 6.97. The van der Waals surface area contributed by atoms with Crippen LogP contribution in [0.15, 0.2) is 4.47 Å². The molecule has 0 aromatic carbocycles. The van der Waals surface area contributed by atoms with Gasteiger partial charge in [-0.1, -0.05) is 0 Å². The lowest BCUT2D eigenvalue weighted by atomic mass is 10.2. The van der Waals surface area contributed by atoms with E-state index < -0.39 is 0 Å². The smallest absolute Gasteiger partial charge is 0.0739 e. The van der Waals surface area contributed by atoms with Crippen LogP contribution in [0.2, 0.25) is 0 Å². The largest absolute Gasteiger partial charge is 0.313 e. The molecule has 2 rings (SSSR count). The van der Waals surface area contributed by atoms with Crippen molar-refractivity contribution < 1.29 is 0 Å². The van der Waals surface area contributed by atoms with Crippen molar-refractivity contribution in [2.75, 3.05) is 20.1 Å². The molecule has 5 heteroatoms. The maximum Gasteiger partial charge on any atom is 0.0739 e. The number of hydrogen-bond donors (Lipinski definition) is 1. The minimum Gasteiger partial charge on any atom is -0.313 e. The molecule has 1 aliphatic heterocycles. The number of halogens is 1. The molecule has 0 amide bonds. The van der Waals surface area contributed by atoms with Crippen molar-refractivity contribution in [1.82, 2.24) is 20.0 Å². The number of nitrogens with zero attached hydrogens (tertiary/aromatic N) is 3. The molecular formula is C12H21BrN4. The summed E-state index contributed by atoms with van der Waals surface area (Å²) in [6.45, 7) is 5.26. The highest BCUT2D eigenvalue weighted by Crippen LogP contribution is 2.21. The summed E-state index contributed by atoms with van der Waals surface area (Å²) in [5, 5.41) is 7.95. The number of rotatable bonds is 4. The molecule has 17 heavy (non-hydrogen) atoms. The maximum atomic E-state index is 4.42. The highest BCUT2D eigenvalue weighted by molar-refractivity contribution is 9.10. The minimum absolute atomic E-state index is 0.660. The standard InChI is InChI=1S/C12H21BrN4/c1-9-12(13)11(17(3)15-9)8-16(2)7-10-5-4-6-14-10/h10,14H,4-8H2,1-3H3. The highest BCUT2D eigenvalue weighted by Gasteiger charge is 2.18.